The molecule has 0 radical (unpaired) electrons. The van der Waals surface area contributed by atoms with Crippen molar-refractivity contribution in [1.82, 2.24) is 0 Å². The molecular weight excluding hydrogens is 545 g/mol. The second-order valence-electron chi connectivity index (χ2n) is 5.65. The van der Waals surface area contributed by atoms with Crippen LogP contribution in [0.5, 0.6) is 5.75 Å². The number of hydrogen-bond donors (Lipinski definition) is 1. The van der Waals surface area contributed by atoms with Crippen molar-refractivity contribution in [2.45, 2.75) is 13.2 Å². The first-order valence-corrected chi connectivity index (χ1v) is 10.6. The maximum Gasteiger partial charge on any atom is 0.124 e. The number of rotatable bonds is 6. The molecular formula is C20H15Br3ClNO. The van der Waals surface area contributed by atoms with Gasteiger partial charge in [0.05, 0.1) is 5.02 Å². The second-order valence-corrected chi connectivity index (χ2v) is 8.74. The van der Waals surface area contributed by atoms with Crippen LogP contribution in [0.1, 0.15) is 11.1 Å². The van der Waals surface area contributed by atoms with Gasteiger partial charge in [-0.15, -0.1) is 0 Å². The first-order valence-electron chi connectivity index (χ1n) is 7.86. The first kappa shape index (κ1) is 19.7. The molecule has 26 heavy (non-hydrogen) atoms. The van der Waals surface area contributed by atoms with E-state index in [4.69, 9.17) is 16.3 Å². The van der Waals surface area contributed by atoms with Gasteiger partial charge in [-0.3, -0.25) is 0 Å². The lowest BCUT2D eigenvalue weighted by molar-refractivity contribution is 0.303. The predicted molar refractivity (Wildman–Crippen MR) is 119 cm³/mol. The van der Waals surface area contributed by atoms with Crippen molar-refractivity contribution < 1.29 is 4.74 Å². The van der Waals surface area contributed by atoms with Gasteiger partial charge in [0.2, 0.25) is 0 Å². The summed E-state index contributed by atoms with van der Waals surface area (Å²) in [6.07, 6.45) is 0. The van der Waals surface area contributed by atoms with Gasteiger partial charge in [0.1, 0.15) is 12.4 Å². The van der Waals surface area contributed by atoms with Crippen LogP contribution in [0.3, 0.4) is 0 Å². The summed E-state index contributed by atoms with van der Waals surface area (Å²) in [5.74, 6) is 0.854. The molecule has 3 rings (SSSR count). The maximum atomic E-state index is 6.16. The molecule has 2 nitrogen and oxygen atoms in total. The summed E-state index contributed by atoms with van der Waals surface area (Å²) in [4.78, 5) is 0. The Morgan fingerprint density at radius 3 is 2.31 bits per heavy atom. The minimum atomic E-state index is 0.520. The fourth-order valence-corrected chi connectivity index (χ4v) is 3.47. The van der Waals surface area contributed by atoms with Gasteiger partial charge in [0, 0.05) is 31.2 Å². The lowest BCUT2D eigenvalue weighted by Gasteiger charge is -2.14. The van der Waals surface area contributed by atoms with Crippen LogP contribution in [-0.2, 0) is 13.2 Å². The molecule has 3 aromatic carbocycles. The van der Waals surface area contributed by atoms with Crippen LogP contribution >= 0.6 is 59.4 Å². The third-order valence-electron chi connectivity index (χ3n) is 3.73. The first-order chi connectivity index (χ1) is 12.5. The van der Waals surface area contributed by atoms with E-state index >= 15 is 0 Å². The Bertz CT molecular complexity index is 900. The number of anilines is 1. The summed E-state index contributed by atoms with van der Waals surface area (Å²) in [6.45, 7) is 1.15. The Labute approximate surface area is 183 Å². The summed E-state index contributed by atoms with van der Waals surface area (Å²) in [6, 6.07) is 19.9. The average Bonchev–Trinajstić information content (AvgIpc) is 2.63. The van der Waals surface area contributed by atoms with Crippen molar-refractivity contribution in [3.8, 4) is 5.75 Å². The zero-order valence-electron chi connectivity index (χ0n) is 13.6. The van der Waals surface area contributed by atoms with Crippen molar-refractivity contribution >= 4 is 65.1 Å². The van der Waals surface area contributed by atoms with E-state index in [1.54, 1.807) is 0 Å². The lowest BCUT2D eigenvalue weighted by Crippen LogP contribution is -2.04. The summed E-state index contributed by atoms with van der Waals surface area (Å²) < 4.78 is 8.99. The Balaban J connectivity index is 1.70. The van der Waals surface area contributed by atoms with Crippen LogP contribution in [0.25, 0.3) is 0 Å². The summed E-state index contributed by atoms with van der Waals surface area (Å²) in [5, 5.41) is 4.07. The van der Waals surface area contributed by atoms with Gasteiger partial charge >= 0.3 is 0 Å². The average molecular weight is 561 g/mol. The van der Waals surface area contributed by atoms with E-state index in [1.807, 2.05) is 54.6 Å². The Morgan fingerprint density at radius 1 is 0.846 bits per heavy atom. The highest BCUT2D eigenvalue weighted by molar-refractivity contribution is 9.11. The van der Waals surface area contributed by atoms with Crippen LogP contribution in [0.4, 0.5) is 5.69 Å². The molecule has 0 saturated heterocycles. The van der Waals surface area contributed by atoms with Gasteiger partial charge in [0.25, 0.3) is 0 Å². The third kappa shape index (κ3) is 5.49. The van der Waals surface area contributed by atoms with E-state index in [0.717, 1.165) is 36.0 Å². The Kier molecular flexibility index (Phi) is 7.04. The number of halogens is 4. The Hall–Kier alpha value is -1.01. The monoisotopic (exact) mass is 557 g/mol. The van der Waals surface area contributed by atoms with Gasteiger partial charge in [-0.25, -0.2) is 0 Å². The van der Waals surface area contributed by atoms with Crippen LogP contribution in [0, 0.1) is 0 Å². The zero-order chi connectivity index (χ0) is 18.5. The molecule has 134 valence electrons. The molecule has 0 aliphatic carbocycles. The van der Waals surface area contributed by atoms with Crippen molar-refractivity contribution in [3.63, 3.8) is 0 Å². The molecule has 0 aromatic heterocycles. The summed E-state index contributed by atoms with van der Waals surface area (Å²) in [5.41, 5.74) is 3.14. The molecule has 0 atom stereocenters. The van der Waals surface area contributed by atoms with Gasteiger partial charge in [0.15, 0.2) is 0 Å². The molecule has 3 aromatic rings. The number of ether oxygens (including phenoxy) is 1. The zero-order valence-corrected chi connectivity index (χ0v) is 19.1. The van der Waals surface area contributed by atoms with E-state index in [1.165, 1.54) is 0 Å². The molecule has 0 saturated carbocycles. The number of benzene rings is 3. The van der Waals surface area contributed by atoms with Gasteiger partial charge in [-0.05, 0) is 70.0 Å². The van der Waals surface area contributed by atoms with Crippen LogP contribution in [0.15, 0.2) is 74.1 Å². The molecule has 0 aliphatic heterocycles. The standard InChI is InChI=1S/C20H15Br3ClNO/c21-15-3-1-13(2-4-15)12-26-20-8-5-16(22)9-14(20)11-25-17-6-7-18(23)19(24)10-17/h1-10,25H,11-12H2. The fourth-order valence-electron chi connectivity index (χ4n) is 2.37. The molecule has 0 bridgehead atoms. The Morgan fingerprint density at radius 2 is 1.58 bits per heavy atom. The van der Waals surface area contributed by atoms with Crippen LogP contribution in [0.2, 0.25) is 5.02 Å². The molecule has 0 unspecified atom stereocenters. The molecule has 1 N–H and O–H groups in total. The summed E-state index contributed by atoms with van der Waals surface area (Å²) in [7, 11) is 0. The molecule has 0 spiro atoms. The third-order valence-corrected chi connectivity index (χ3v) is 5.99. The normalized spacial score (nSPS) is 10.6. The lowest BCUT2D eigenvalue weighted by atomic mass is 10.2. The molecule has 0 heterocycles. The molecule has 6 heteroatoms. The minimum absolute atomic E-state index is 0.520. The SMILES string of the molecule is Clc1cc(NCc2cc(Br)ccc2OCc2ccc(Br)cc2)ccc1Br. The highest BCUT2D eigenvalue weighted by atomic mass is 79.9. The van der Waals surface area contributed by atoms with Crippen LogP contribution < -0.4 is 10.1 Å². The fraction of sp³-hybridized carbons (Fsp3) is 0.100. The second kappa shape index (κ2) is 9.27. The topological polar surface area (TPSA) is 21.3 Å². The molecule has 0 amide bonds. The molecule has 0 aliphatic rings. The molecule has 0 fully saturated rings. The van der Waals surface area contributed by atoms with Crippen molar-refractivity contribution in [2.75, 3.05) is 5.32 Å². The minimum Gasteiger partial charge on any atom is -0.489 e. The highest BCUT2D eigenvalue weighted by Crippen LogP contribution is 2.28. The highest BCUT2D eigenvalue weighted by Gasteiger charge is 2.07. The number of nitrogens with one attached hydrogen (secondary N) is 1. The van der Waals surface area contributed by atoms with E-state index in [2.05, 4.69) is 59.2 Å². The quantitative estimate of drug-likeness (QED) is 0.332. The van der Waals surface area contributed by atoms with Gasteiger partial charge in [-0.1, -0.05) is 55.6 Å². The van der Waals surface area contributed by atoms with Crippen molar-refractivity contribution in [1.29, 1.82) is 0 Å². The van der Waals surface area contributed by atoms with Crippen LogP contribution in [-0.4, -0.2) is 0 Å². The van der Waals surface area contributed by atoms with E-state index in [0.29, 0.717) is 18.2 Å². The van der Waals surface area contributed by atoms with E-state index in [-0.39, 0.29) is 0 Å². The largest absolute Gasteiger partial charge is 0.489 e. The van der Waals surface area contributed by atoms with E-state index < -0.39 is 0 Å². The van der Waals surface area contributed by atoms with Crippen molar-refractivity contribution in [3.05, 3.63) is 90.2 Å². The van der Waals surface area contributed by atoms with Gasteiger partial charge in [-0.2, -0.15) is 0 Å². The van der Waals surface area contributed by atoms with Gasteiger partial charge < -0.3 is 10.1 Å². The maximum absolute atomic E-state index is 6.16. The smallest absolute Gasteiger partial charge is 0.124 e. The van der Waals surface area contributed by atoms with Crippen molar-refractivity contribution in [2.24, 2.45) is 0 Å². The summed E-state index contributed by atoms with van der Waals surface area (Å²) >= 11 is 16.5. The predicted octanol–water partition coefficient (Wildman–Crippen LogP) is 7.82. The number of hydrogen-bond acceptors (Lipinski definition) is 2. The van der Waals surface area contributed by atoms with E-state index in [9.17, 15) is 0 Å².